The zero-order valence-electron chi connectivity index (χ0n) is 14.7. The minimum absolute atomic E-state index is 0.209. The zero-order valence-corrected chi connectivity index (χ0v) is 14.7. The highest BCUT2D eigenvalue weighted by atomic mass is 16.1. The Morgan fingerprint density at radius 3 is 2.67 bits per heavy atom. The first-order valence-corrected chi connectivity index (χ1v) is 9.23. The molecule has 0 aromatic carbocycles. The lowest BCUT2D eigenvalue weighted by atomic mass is 9.99. The van der Waals surface area contributed by atoms with Gasteiger partial charge in [0.15, 0.2) is 0 Å². The molecule has 2 N–H and O–H groups in total. The van der Waals surface area contributed by atoms with E-state index in [4.69, 9.17) is 10.7 Å². The van der Waals surface area contributed by atoms with Crippen molar-refractivity contribution in [2.24, 2.45) is 5.73 Å². The smallest absolute Gasteiger partial charge is 0.225 e. The third-order valence-electron chi connectivity index (χ3n) is 5.09. The summed E-state index contributed by atoms with van der Waals surface area (Å²) >= 11 is 0. The monoisotopic (exact) mass is 331 g/mol. The molecule has 1 aromatic rings. The molecule has 0 bridgehead atoms. The molecule has 2 aliphatic heterocycles. The molecule has 0 radical (unpaired) electrons. The Hall–Kier alpha value is -1.69. The predicted octanol–water partition coefficient (Wildman–Crippen LogP) is 2.01. The van der Waals surface area contributed by atoms with Crippen LogP contribution in [0, 0.1) is 6.92 Å². The van der Waals surface area contributed by atoms with E-state index in [1.54, 1.807) is 0 Å². The molecule has 0 unspecified atom stereocenters. The van der Waals surface area contributed by atoms with Gasteiger partial charge in [0.1, 0.15) is 0 Å². The van der Waals surface area contributed by atoms with Crippen molar-refractivity contribution in [3.8, 4) is 0 Å². The number of nitrogens with zero attached hydrogens (tertiary/aromatic N) is 4. The van der Waals surface area contributed by atoms with Crippen LogP contribution in [0.3, 0.4) is 0 Å². The largest absolute Gasteiger partial charge is 0.370 e. The maximum Gasteiger partial charge on any atom is 0.225 e. The van der Waals surface area contributed by atoms with Gasteiger partial charge in [-0.3, -0.25) is 9.69 Å². The molecule has 1 atom stereocenters. The van der Waals surface area contributed by atoms with Crippen LogP contribution in [0.2, 0.25) is 0 Å². The Balaban J connectivity index is 1.73. The third kappa shape index (κ3) is 4.44. The highest BCUT2D eigenvalue weighted by molar-refractivity contribution is 5.74. The van der Waals surface area contributed by atoms with E-state index in [9.17, 15) is 4.79 Å². The van der Waals surface area contributed by atoms with Crippen LogP contribution in [-0.2, 0) is 11.3 Å². The standard InChI is InChI=1S/C18H29N5O/c1-14-11-15(21-18(20-14)22-8-4-2-5-9-22)13-23-10-6-3-7-16(23)12-17(19)24/h11,16H,2-10,12-13H2,1H3,(H2,19,24)/t16-/m0/s1. The van der Waals surface area contributed by atoms with E-state index in [2.05, 4.69) is 20.9 Å². The van der Waals surface area contributed by atoms with Gasteiger partial charge in [-0.05, 0) is 51.6 Å². The summed E-state index contributed by atoms with van der Waals surface area (Å²) in [6.07, 6.45) is 7.60. The van der Waals surface area contributed by atoms with Crippen molar-refractivity contribution in [1.82, 2.24) is 14.9 Å². The first-order valence-electron chi connectivity index (χ1n) is 9.23. The first-order chi connectivity index (χ1) is 11.6. The molecule has 2 saturated heterocycles. The zero-order chi connectivity index (χ0) is 16.9. The number of likely N-dealkylation sites (tertiary alicyclic amines) is 1. The van der Waals surface area contributed by atoms with Crippen LogP contribution in [0.5, 0.6) is 0 Å². The Morgan fingerprint density at radius 1 is 1.17 bits per heavy atom. The van der Waals surface area contributed by atoms with Gasteiger partial charge in [-0.15, -0.1) is 0 Å². The van der Waals surface area contributed by atoms with Crippen LogP contribution in [0.1, 0.15) is 56.3 Å². The van der Waals surface area contributed by atoms with Crippen molar-refractivity contribution in [3.05, 3.63) is 17.5 Å². The van der Waals surface area contributed by atoms with Gasteiger partial charge >= 0.3 is 0 Å². The summed E-state index contributed by atoms with van der Waals surface area (Å²) in [4.78, 5) is 25.5. The predicted molar refractivity (Wildman–Crippen MR) is 94.7 cm³/mol. The highest BCUT2D eigenvalue weighted by Crippen LogP contribution is 2.23. The van der Waals surface area contributed by atoms with Crippen LogP contribution in [-0.4, -0.2) is 46.5 Å². The average Bonchev–Trinajstić information content (AvgIpc) is 2.56. The van der Waals surface area contributed by atoms with Crippen LogP contribution < -0.4 is 10.6 Å². The molecule has 24 heavy (non-hydrogen) atoms. The molecule has 0 spiro atoms. The quantitative estimate of drug-likeness (QED) is 0.893. The Morgan fingerprint density at radius 2 is 1.92 bits per heavy atom. The second kappa shape index (κ2) is 7.92. The number of carbonyl (C=O) groups excluding carboxylic acids is 1. The van der Waals surface area contributed by atoms with Gasteiger partial charge in [-0.1, -0.05) is 6.42 Å². The molecule has 3 rings (SSSR count). The molecule has 0 saturated carbocycles. The number of amides is 1. The van der Waals surface area contributed by atoms with Crippen molar-refractivity contribution in [1.29, 1.82) is 0 Å². The Kier molecular flexibility index (Phi) is 5.66. The number of hydrogen-bond acceptors (Lipinski definition) is 5. The maximum absolute atomic E-state index is 11.3. The van der Waals surface area contributed by atoms with Crippen LogP contribution in [0.25, 0.3) is 0 Å². The van der Waals surface area contributed by atoms with E-state index < -0.39 is 0 Å². The third-order valence-corrected chi connectivity index (χ3v) is 5.09. The number of anilines is 1. The molecule has 1 aromatic heterocycles. The minimum atomic E-state index is -0.209. The fourth-order valence-corrected chi connectivity index (χ4v) is 3.87. The number of carbonyl (C=O) groups is 1. The summed E-state index contributed by atoms with van der Waals surface area (Å²) in [5.41, 5.74) is 7.50. The molecule has 132 valence electrons. The average molecular weight is 331 g/mol. The van der Waals surface area contributed by atoms with E-state index >= 15 is 0 Å². The maximum atomic E-state index is 11.3. The molecule has 6 nitrogen and oxygen atoms in total. The minimum Gasteiger partial charge on any atom is -0.370 e. The summed E-state index contributed by atoms with van der Waals surface area (Å²) in [7, 11) is 0. The molecular formula is C18H29N5O. The molecule has 3 heterocycles. The van der Waals surface area contributed by atoms with E-state index in [-0.39, 0.29) is 11.9 Å². The second-order valence-electron chi connectivity index (χ2n) is 7.14. The molecule has 2 aliphatic rings. The van der Waals surface area contributed by atoms with E-state index in [0.717, 1.165) is 49.9 Å². The number of nitrogens with two attached hydrogens (primary N) is 1. The molecule has 1 amide bonds. The van der Waals surface area contributed by atoms with Gasteiger partial charge in [0.05, 0.1) is 5.69 Å². The Labute approximate surface area is 144 Å². The SMILES string of the molecule is Cc1cc(CN2CCCC[C@H]2CC(N)=O)nc(N2CCCCC2)n1. The molecular weight excluding hydrogens is 302 g/mol. The van der Waals surface area contributed by atoms with Gasteiger partial charge in [0, 0.05) is 37.8 Å². The second-order valence-corrected chi connectivity index (χ2v) is 7.14. The van der Waals surface area contributed by atoms with E-state index in [1.165, 1.54) is 32.1 Å². The normalized spacial score (nSPS) is 22.5. The van der Waals surface area contributed by atoms with Crippen molar-refractivity contribution in [2.75, 3.05) is 24.5 Å². The fraction of sp³-hybridized carbons (Fsp3) is 0.722. The lowest BCUT2D eigenvalue weighted by Crippen LogP contribution is -2.41. The van der Waals surface area contributed by atoms with Gasteiger partial charge < -0.3 is 10.6 Å². The van der Waals surface area contributed by atoms with Gasteiger partial charge in [-0.2, -0.15) is 0 Å². The Bertz CT molecular complexity index is 571. The summed E-state index contributed by atoms with van der Waals surface area (Å²) in [6, 6.07) is 2.33. The summed E-state index contributed by atoms with van der Waals surface area (Å²) in [5, 5.41) is 0. The molecule has 2 fully saturated rings. The summed E-state index contributed by atoms with van der Waals surface area (Å²) < 4.78 is 0. The lowest BCUT2D eigenvalue weighted by Gasteiger charge is -2.35. The van der Waals surface area contributed by atoms with Gasteiger partial charge in [-0.25, -0.2) is 9.97 Å². The number of rotatable bonds is 5. The summed E-state index contributed by atoms with van der Waals surface area (Å²) in [6.45, 7) is 5.94. The molecule has 6 heteroatoms. The van der Waals surface area contributed by atoms with Crippen LogP contribution in [0.4, 0.5) is 5.95 Å². The van der Waals surface area contributed by atoms with Crippen molar-refractivity contribution in [3.63, 3.8) is 0 Å². The summed E-state index contributed by atoms with van der Waals surface area (Å²) in [5.74, 6) is 0.660. The lowest BCUT2D eigenvalue weighted by molar-refractivity contribution is -0.119. The first kappa shape index (κ1) is 17.1. The van der Waals surface area contributed by atoms with Crippen molar-refractivity contribution >= 4 is 11.9 Å². The van der Waals surface area contributed by atoms with Crippen molar-refractivity contribution in [2.45, 2.75) is 64.5 Å². The topological polar surface area (TPSA) is 75.3 Å². The highest BCUT2D eigenvalue weighted by Gasteiger charge is 2.25. The molecule has 0 aliphatic carbocycles. The number of aromatic nitrogens is 2. The number of piperidine rings is 2. The fourth-order valence-electron chi connectivity index (χ4n) is 3.87. The van der Waals surface area contributed by atoms with Gasteiger partial charge in [0.25, 0.3) is 0 Å². The van der Waals surface area contributed by atoms with Crippen LogP contribution in [0.15, 0.2) is 6.07 Å². The van der Waals surface area contributed by atoms with Crippen molar-refractivity contribution < 1.29 is 4.79 Å². The van der Waals surface area contributed by atoms with E-state index in [0.29, 0.717) is 6.42 Å². The van der Waals surface area contributed by atoms with Gasteiger partial charge in [0.2, 0.25) is 11.9 Å². The van der Waals surface area contributed by atoms with Crippen LogP contribution >= 0.6 is 0 Å². The number of aryl methyl sites for hydroxylation is 1. The number of hydrogen-bond donors (Lipinski definition) is 1. The van der Waals surface area contributed by atoms with E-state index in [1.807, 2.05) is 6.92 Å². The number of primary amides is 1.